The highest BCUT2D eigenvalue weighted by molar-refractivity contribution is 5.85. The molecule has 0 aliphatic carbocycles. The van der Waals surface area contributed by atoms with Gasteiger partial charge < -0.3 is 10.5 Å². The van der Waals surface area contributed by atoms with E-state index in [2.05, 4.69) is 10.2 Å². The highest BCUT2D eigenvalue weighted by Crippen LogP contribution is 2.23. The van der Waals surface area contributed by atoms with Crippen LogP contribution < -0.4 is 16.2 Å². The molecule has 0 spiro atoms. The lowest BCUT2D eigenvalue weighted by atomic mass is 10.0. The van der Waals surface area contributed by atoms with Gasteiger partial charge in [-0.2, -0.15) is 5.10 Å². The molecule has 0 aliphatic rings. The number of aromatic amines is 1. The number of hydrogen-bond acceptors (Lipinski definition) is 4. The Balaban J connectivity index is 0.00000261. The van der Waals surface area contributed by atoms with E-state index >= 15 is 0 Å². The molecule has 27 heavy (non-hydrogen) atoms. The van der Waals surface area contributed by atoms with Crippen molar-refractivity contribution in [3.63, 3.8) is 0 Å². The van der Waals surface area contributed by atoms with Crippen molar-refractivity contribution in [2.75, 3.05) is 6.54 Å². The van der Waals surface area contributed by atoms with Gasteiger partial charge in [0.05, 0.1) is 12.0 Å². The van der Waals surface area contributed by atoms with Gasteiger partial charge in [0.1, 0.15) is 18.7 Å². The maximum atomic E-state index is 13.0. The Labute approximate surface area is 161 Å². The Morgan fingerprint density at radius 2 is 2.04 bits per heavy atom. The first-order valence-corrected chi connectivity index (χ1v) is 8.11. The zero-order valence-corrected chi connectivity index (χ0v) is 15.3. The van der Waals surface area contributed by atoms with Crippen LogP contribution in [0.2, 0.25) is 0 Å². The molecule has 0 bridgehead atoms. The zero-order valence-electron chi connectivity index (χ0n) is 14.5. The predicted octanol–water partition coefficient (Wildman–Crippen LogP) is 2.92. The van der Waals surface area contributed by atoms with Crippen LogP contribution in [-0.4, -0.2) is 21.3 Å². The Morgan fingerprint density at radius 1 is 1.26 bits per heavy atom. The lowest BCUT2D eigenvalue weighted by Gasteiger charge is -2.13. The number of nitrogens with zero attached hydrogens (tertiary/aromatic N) is 2. The standard InChI is InChI=1S/C19H19FN4O2.ClH/c20-10-15(11-21)8-16-9-17(26-12-14-4-2-1-3-5-14)6-7-18(16)24-13-22-23-19(24)25;/h1-7,9-10,13H,8,11-12,21H2,(H,23,25);1H/b15-10+;. The van der Waals surface area contributed by atoms with Crippen LogP contribution in [0, 0.1) is 0 Å². The van der Waals surface area contributed by atoms with Crippen LogP contribution in [0.1, 0.15) is 11.1 Å². The van der Waals surface area contributed by atoms with Crippen molar-refractivity contribution in [2.24, 2.45) is 5.73 Å². The van der Waals surface area contributed by atoms with Crippen LogP contribution in [0.5, 0.6) is 5.75 Å². The van der Waals surface area contributed by atoms with Crippen LogP contribution in [0.25, 0.3) is 5.69 Å². The third-order valence-corrected chi connectivity index (χ3v) is 3.95. The van der Waals surface area contributed by atoms with Gasteiger partial charge in [0.15, 0.2) is 0 Å². The quantitative estimate of drug-likeness (QED) is 0.649. The summed E-state index contributed by atoms with van der Waals surface area (Å²) in [4.78, 5) is 11.9. The third-order valence-electron chi connectivity index (χ3n) is 3.95. The summed E-state index contributed by atoms with van der Waals surface area (Å²) < 4.78 is 20.2. The number of halogens is 2. The summed E-state index contributed by atoms with van der Waals surface area (Å²) in [6.07, 6.45) is 2.15. The van der Waals surface area contributed by atoms with E-state index in [-0.39, 0.29) is 31.1 Å². The number of benzene rings is 2. The average molecular weight is 391 g/mol. The molecule has 0 amide bonds. The summed E-state index contributed by atoms with van der Waals surface area (Å²) in [5.41, 5.74) is 7.98. The van der Waals surface area contributed by atoms with E-state index < -0.39 is 0 Å². The topological polar surface area (TPSA) is 85.9 Å². The summed E-state index contributed by atoms with van der Waals surface area (Å²) in [6, 6.07) is 15.1. The molecule has 0 radical (unpaired) electrons. The van der Waals surface area contributed by atoms with Crippen LogP contribution in [0.4, 0.5) is 4.39 Å². The normalized spacial score (nSPS) is 11.1. The lowest BCUT2D eigenvalue weighted by molar-refractivity contribution is 0.306. The van der Waals surface area contributed by atoms with Crippen molar-refractivity contribution in [3.05, 3.63) is 88.4 Å². The predicted molar refractivity (Wildman–Crippen MR) is 104 cm³/mol. The molecule has 3 N–H and O–H groups in total. The minimum absolute atomic E-state index is 0. The van der Waals surface area contributed by atoms with Crippen molar-refractivity contribution in [1.82, 2.24) is 14.8 Å². The Hall–Kier alpha value is -2.90. The monoisotopic (exact) mass is 390 g/mol. The van der Waals surface area contributed by atoms with E-state index in [4.69, 9.17) is 10.5 Å². The minimum Gasteiger partial charge on any atom is -0.489 e. The Morgan fingerprint density at radius 3 is 2.67 bits per heavy atom. The van der Waals surface area contributed by atoms with Crippen molar-refractivity contribution >= 4 is 12.4 Å². The number of nitrogens with two attached hydrogens (primary N) is 1. The van der Waals surface area contributed by atoms with Gasteiger partial charge in [-0.25, -0.2) is 18.9 Å². The van der Waals surface area contributed by atoms with Crippen molar-refractivity contribution in [2.45, 2.75) is 13.0 Å². The fourth-order valence-corrected chi connectivity index (χ4v) is 2.59. The number of nitrogens with one attached hydrogen (secondary N) is 1. The van der Waals surface area contributed by atoms with Crippen LogP contribution in [0.15, 0.2) is 71.6 Å². The van der Waals surface area contributed by atoms with E-state index in [9.17, 15) is 9.18 Å². The van der Waals surface area contributed by atoms with Gasteiger partial charge in [-0.3, -0.25) is 0 Å². The first-order chi connectivity index (χ1) is 12.7. The lowest BCUT2D eigenvalue weighted by Crippen LogP contribution is -2.16. The van der Waals surface area contributed by atoms with Crippen molar-refractivity contribution < 1.29 is 9.13 Å². The molecule has 3 rings (SSSR count). The van der Waals surface area contributed by atoms with Gasteiger partial charge in [-0.05, 0) is 41.3 Å². The highest BCUT2D eigenvalue weighted by Gasteiger charge is 2.11. The molecule has 0 saturated heterocycles. The summed E-state index contributed by atoms with van der Waals surface area (Å²) in [5, 5.41) is 6.09. The van der Waals surface area contributed by atoms with Crippen LogP contribution in [-0.2, 0) is 13.0 Å². The fourth-order valence-electron chi connectivity index (χ4n) is 2.59. The average Bonchev–Trinajstić information content (AvgIpc) is 3.11. The largest absolute Gasteiger partial charge is 0.489 e. The summed E-state index contributed by atoms with van der Waals surface area (Å²) in [6.45, 7) is 0.499. The Bertz CT molecular complexity index is 954. The van der Waals surface area contributed by atoms with E-state index in [1.54, 1.807) is 18.2 Å². The second-order valence-corrected chi connectivity index (χ2v) is 5.74. The van der Waals surface area contributed by atoms with Gasteiger partial charge in [0, 0.05) is 6.54 Å². The van der Waals surface area contributed by atoms with E-state index in [0.717, 1.165) is 5.56 Å². The minimum atomic E-state index is -0.372. The summed E-state index contributed by atoms with van der Waals surface area (Å²) >= 11 is 0. The second kappa shape index (κ2) is 9.70. The van der Waals surface area contributed by atoms with E-state index in [1.807, 2.05) is 30.3 Å². The molecule has 6 nitrogen and oxygen atoms in total. The molecule has 1 heterocycles. The van der Waals surface area contributed by atoms with Gasteiger partial charge in [-0.1, -0.05) is 30.3 Å². The van der Waals surface area contributed by atoms with Gasteiger partial charge in [0.25, 0.3) is 0 Å². The molecule has 2 aromatic carbocycles. The third kappa shape index (κ3) is 5.06. The molecular formula is C19H20ClFN4O2. The van der Waals surface area contributed by atoms with E-state index in [1.165, 1.54) is 10.9 Å². The molecule has 1 aromatic heterocycles. The van der Waals surface area contributed by atoms with Gasteiger partial charge in [0.2, 0.25) is 0 Å². The zero-order chi connectivity index (χ0) is 18.4. The number of H-pyrrole nitrogens is 1. The maximum Gasteiger partial charge on any atom is 0.347 e. The van der Waals surface area contributed by atoms with Crippen LogP contribution >= 0.6 is 12.4 Å². The van der Waals surface area contributed by atoms with Crippen LogP contribution in [0.3, 0.4) is 0 Å². The van der Waals surface area contributed by atoms with Gasteiger partial charge in [-0.15, -0.1) is 12.4 Å². The SMILES string of the molecule is Cl.NC/C(=C/F)Cc1cc(OCc2ccccc2)ccc1-n1cn[nH]c1=O. The Kier molecular flexibility index (Phi) is 7.34. The van der Waals surface area contributed by atoms with E-state index in [0.29, 0.717) is 35.5 Å². The first kappa shape index (κ1) is 20.4. The number of ether oxygens (including phenoxy) is 1. The number of hydrogen-bond donors (Lipinski definition) is 2. The number of aromatic nitrogens is 3. The summed E-state index contributed by atoms with van der Waals surface area (Å²) in [5.74, 6) is 0.624. The molecule has 0 unspecified atom stereocenters. The fraction of sp³-hybridized carbons (Fsp3) is 0.158. The molecule has 0 atom stereocenters. The molecule has 3 aromatic rings. The molecule has 0 fully saturated rings. The molecular weight excluding hydrogens is 371 g/mol. The molecule has 8 heteroatoms. The summed E-state index contributed by atoms with van der Waals surface area (Å²) in [7, 11) is 0. The number of rotatable bonds is 7. The first-order valence-electron chi connectivity index (χ1n) is 8.11. The molecule has 142 valence electrons. The second-order valence-electron chi connectivity index (χ2n) is 5.74. The molecule has 0 saturated carbocycles. The molecule has 0 aliphatic heterocycles. The van der Waals surface area contributed by atoms with Crippen molar-refractivity contribution in [3.8, 4) is 11.4 Å². The van der Waals surface area contributed by atoms with Gasteiger partial charge >= 0.3 is 5.69 Å². The highest BCUT2D eigenvalue weighted by atomic mass is 35.5. The van der Waals surface area contributed by atoms with Crippen molar-refractivity contribution in [1.29, 1.82) is 0 Å². The maximum absolute atomic E-state index is 13.0. The smallest absolute Gasteiger partial charge is 0.347 e.